The van der Waals surface area contributed by atoms with E-state index in [0.717, 1.165) is 17.9 Å². The van der Waals surface area contributed by atoms with Gasteiger partial charge in [-0.15, -0.1) is 0 Å². The molecule has 3 unspecified atom stereocenters. The first-order valence-corrected chi connectivity index (χ1v) is 6.72. The van der Waals surface area contributed by atoms with Crippen LogP contribution in [0.1, 0.15) is 39.5 Å². The predicted molar refractivity (Wildman–Crippen MR) is 65.0 cm³/mol. The molecule has 88 valence electrons. The Labute approximate surface area is 94.4 Å². The van der Waals surface area contributed by atoms with Gasteiger partial charge in [-0.2, -0.15) is 0 Å². The van der Waals surface area contributed by atoms with Crippen LogP contribution in [-0.2, 0) is 0 Å². The molecule has 3 atom stereocenters. The molecule has 1 aliphatic carbocycles. The molecule has 0 bridgehead atoms. The maximum Gasteiger partial charge on any atom is 0.0193 e. The Bertz CT molecular complexity index is 173. The highest BCUT2D eigenvalue weighted by Gasteiger charge is 2.26. The molecule has 0 aromatic carbocycles. The quantitative estimate of drug-likeness (QED) is 0.751. The second kappa shape index (κ2) is 5.31. The predicted octanol–water partition coefficient (Wildman–Crippen LogP) is 2.11. The molecule has 0 spiro atoms. The van der Waals surface area contributed by atoms with Crippen LogP contribution < -0.4 is 5.32 Å². The zero-order valence-electron chi connectivity index (χ0n) is 10.3. The third kappa shape index (κ3) is 2.94. The Balaban J connectivity index is 1.83. The van der Waals surface area contributed by atoms with Gasteiger partial charge in [0.05, 0.1) is 0 Å². The standard InChI is InChI=1S/C13H26N2/c1-11-5-3-4-6-13(11)10-15-8-7-14-9-12(15)2/h11-14H,3-10H2,1-2H3. The van der Waals surface area contributed by atoms with Crippen molar-refractivity contribution in [3.05, 3.63) is 0 Å². The van der Waals surface area contributed by atoms with Crippen LogP contribution in [0, 0.1) is 11.8 Å². The average molecular weight is 210 g/mol. The SMILES string of the molecule is CC1CCCCC1CN1CCNCC1C. The minimum atomic E-state index is 0.743. The van der Waals surface area contributed by atoms with Crippen LogP contribution in [-0.4, -0.2) is 37.1 Å². The lowest BCUT2D eigenvalue weighted by molar-refractivity contribution is 0.110. The fourth-order valence-corrected chi connectivity index (χ4v) is 3.12. The molecule has 0 aromatic rings. The van der Waals surface area contributed by atoms with Crippen molar-refractivity contribution in [1.82, 2.24) is 10.2 Å². The molecule has 1 aliphatic heterocycles. The molecule has 2 rings (SSSR count). The summed E-state index contributed by atoms with van der Waals surface area (Å²) in [6.07, 6.45) is 5.87. The fraction of sp³-hybridized carbons (Fsp3) is 1.00. The Morgan fingerprint density at radius 3 is 2.73 bits per heavy atom. The van der Waals surface area contributed by atoms with E-state index < -0.39 is 0 Å². The van der Waals surface area contributed by atoms with Gasteiger partial charge in [0.1, 0.15) is 0 Å². The van der Waals surface area contributed by atoms with E-state index in [-0.39, 0.29) is 0 Å². The molecule has 15 heavy (non-hydrogen) atoms. The largest absolute Gasteiger partial charge is 0.314 e. The molecule has 2 aliphatic rings. The van der Waals surface area contributed by atoms with Crippen molar-refractivity contribution in [3.63, 3.8) is 0 Å². The van der Waals surface area contributed by atoms with Gasteiger partial charge in [0.15, 0.2) is 0 Å². The lowest BCUT2D eigenvalue weighted by Crippen LogP contribution is -2.51. The van der Waals surface area contributed by atoms with E-state index in [1.54, 1.807) is 0 Å². The van der Waals surface area contributed by atoms with Crippen LogP contribution in [0.2, 0.25) is 0 Å². The Morgan fingerprint density at radius 2 is 2.00 bits per heavy atom. The topological polar surface area (TPSA) is 15.3 Å². The molecule has 1 heterocycles. The first-order valence-electron chi connectivity index (χ1n) is 6.72. The van der Waals surface area contributed by atoms with Crippen LogP contribution in [0.25, 0.3) is 0 Å². The van der Waals surface area contributed by atoms with E-state index in [4.69, 9.17) is 0 Å². The number of piperazine rings is 1. The summed E-state index contributed by atoms with van der Waals surface area (Å²) in [6.45, 7) is 9.79. The summed E-state index contributed by atoms with van der Waals surface area (Å²) in [5.41, 5.74) is 0. The summed E-state index contributed by atoms with van der Waals surface area (Å²) >= 11 is 0. The Kier molecular flexibility index (Phi) is 4.04. The maximum absolute atomic E-state index is 3.47. The van der Waals surface area contributed by atoms with Gasteiger partial charge in [0.2, 0.25) is 0 Å². The van der Waals surface area contributed by atoms with E-state index in [1.807, 2.05) is 0 Å². The number of nitrogens with one attached hydrogen (secondary N) is 1. The van der Waals surface area contributed by atoms with Crippen molar-refractivity contribution in [3.8, 4) is 0 Å². The number of nitrogens with zero attached hydrogens (tertiary/aromatic N) is 1. The van der Waals surface area contributed by atoms with Crippen molar-refractivity contribution in [2.45, 2.75) is 45.6 Å². The van der Waals surface area contributed by atoms with Crippen molar-refractivity contribution in [2.75, 3.05) is 26.2 Å². The van der Waals surface area contributed by atoms with Crippen molar-refractivity contribution in [2.24, 2.45) is 11.8 Å². The second-order valence-electron chi connectivity index (χ2n) is 5.57. The monoisotopic (exact) mass is 210 g/mol. The molecule has 1 saturated carbocycles. The normalized spacial score (nSPS) is 39.2. The third-order valence-corrected chi connectivity index (χ3v) is 4.40. The summed E-state index contributed by atoms with van der Waals surface area (Å²) in [4.78, 5) is 2.70. The molecule has 2 nitrogen and oxygen atoms in total. The van der Waals surface area contributed by atoms with Crippen molar-refractivity contribution < 1.29 is 0 Å². The maximum atomic E-state index is 3.47. The lowest BCUT2D eigenvalue weighted by Gasteiger charge is -2.39. The van der Waals surface area contributed by atoms with Gasteiger partial charge in [-0.1, -0.05) is 26.2 Å². The average Bonchev–Trinajstić information content (AvgIpc) is 2.24. The minimum Gasteiger partial charge on any atom is -0.314 e. The first-order chi connectivity index (χ1) is 7.27. The van der Waals surface area contributed by atoms with Gasteiger partial charge in [0, 0.05) is 32.2 Å². The Hall–Kier alpha value is -0.0800. The summed E-state index contributed by atoms with van der Waals surface area (Å²) in [6, 6.07) is 0.743. The highest BCUT2D eigenvalue weighted by Crippen LogP contribution is 2.30. The highest BCUT2D eigenvalue weighted by molar-refractivity contribution is 4.81. The smallest absolute Gasteiger partial charge is 0.0193 e. The molecule has 0 amide bonds. The number of rotatable bonds is 2. The molecule has 2 heteroatoms. The van der Waals surface area contributed by atoms with E-state index in [9.17, 15) is 0 Å². The van der Waals surface area contributed by atoms with Crippen LogP contribution >= 0.6 is 0 Å². The molecule has 0 aromatic heterocycles. The summed E-state index contributed by atoms with van der Waals surface area (Å²) < 4.78 is 0. The molecule has 2 fully saturated rings. The molecular formula is C13H26N2. The van der Waals surface area contributed by atoms with Crippen molar-refractivity contribution in [1.29, 1.82) is 0 Å². The van der Waals surface area contributed by atoms with E-state index in [1.165, 1.54) is 51.9 Å². The molecule has 1 saturated heterocycles. The second-order valence-corrected chi connectivity index (χ2v) is 5.57. The molecule has 1 N–H and O–H groups in total. The van der Waals surface area contributed by atoms with Gasteiger partial charge in [-0.3, -0.25) is 4.90 Å². The highest BCUT2D eigenvalue weighted by atomic mass is 15.2. The summed E-state index contributed by atoms with van der Waals surface area (Å²) in [5, 5.41) is 3.47. The van der Waals surface area contributed by atoms with Gasteiger partial charge in [-0.05, 0) is 25.2 Å². The zero-order valence-corrected chi connectivity index (χ0v) is 10.3. The molecule has 0 radical (unpaired) electrons. The number of hydrogen-bond donors (Lipinski definition) is 1. The van der Waals surface area contributed by atoms with E-state index in [0.29, 0.717) is 0 Å². The van der Waals surface area contributed by atoms with Gasteiger partial charge < -0.3 is 5.32 Å². The fourth-order valence-electron chi connectivity index (χ4n) is 3.12. The van der Waals surface area contributed by atoms with E-state index >= 15 is 0 Å². The van der Waals surface area contributed by atoms with Gasteiger partial charge in [0.25, 0.3) is 0 Å². The van der Waals surface area contributed by atoms with Crippen LogP contribution in [0.5, 0.6) is 0 Å². The summed E-state index contributed by atoms with van der Waals surface area (Å²) in [7, 11) is 0. The molecular weight excluding hydrogens is 184 g/mol. The van der Waals surface area contributed by atoms with Crippen LogP contribution in [0.4, 0.5) is 0 Å². The van der Waals surface area contributed by atoms with Crippen LogP contribution in [0.3, 0.4) is 0 Å². The summed E-state index contributed by atoms with van der Waals surface area (Å²) in [5.74, 6) is 1.93. The zero-order chi connectivity index (χ0) is 10.7. The Morgan fingerprint density at radius 1 is 1.20 bits per heavy atom. The van der Waals surface area contributed by atoms with Gasteiger partial charge >= 0.3 is 0 Å². The lowest BCUT2D eigenvalue weighted by atomic mass is 9.80. The van der Waals surface area contributed by atoms with Crippen LogP contribution in [0.15, 0.2) is 0 Å². The first kappa shape index (κ1) is 11.4. The number of hydrogen-bond acceptors (Lipinski definition) is 2. The third-order valence-electron chi connectivity index (χ3n) is 4.40. The minimum absolute atomic E-state index is 0.743. The van der Waals surface area contributed by atoms with Gasteiger partial charge in [-0.25, -0.2) is 0 Å². The van der Waals surface area contributed by atoms with E-state index in [2.05, 4.69) is 24.1 Å². The van der Waals surface area contributed by atoms with Crippen molar-refractivity contribution >= 4 is 0 Å².